The minimum absolute atomic E-state index is 0.0773. The molecule has 0 aliphatic heterocycles. The molecule has 0 aromatic carbocycles. The smallest absolute Gasteiger partial charge is 0.233 e. The van der Waals surface area contributed by atoms with Crippen molar-refractivity contribution in [2.75, 3.05) is 13.6 Å². The van der Waals surface area contributed by atoms with Crippen LogP contribution in [0.5, 0.6) is 0 Å². The number of carbonyl (C=O) groups excluding carboxylic acids is 1. The van der Waals surface area contributed by atoms with Gasteiger partial charge in [0.05, 0.1) is 0 Å². The Morgan fingerprint density at radius 2 is 1.94 bits per heavy atom. The van der Waals surface area contributed by atoms with Crippen LogP contribution in [0.4, 0.5) is 0 Å². The number of hydrazine groups is 1. The number of rotatable bonds is 6. The number of nitrogens with zero attached hydrogens (tertiary/aromatic N) is 1. The topological polar surface area (TPSA) is 58.4 Å². The predicted octanol–water partition coefficient (Wildman–Crippen LogP) is 1.51. The van der Waals surface area contributed by atoms with Crippen LogP contribution in [0, 0.1) is 5.41 Å². The lowest BCUT2D eigenvalue weighted by Gasteiger charge is -2.35. The first-order chi connectivity index (χ1) is 7.29. The molecule has 0 radical (unpaired) electrons. The van der Waals surface area contributed by atoms with Crippen molar-refractivity contribution in [2.45, 2.75) is 53.0 Å². The molecule has 0 aromatic rings. The number of nitrogens with two attached hydrogens (primary N) is 1. The summed E-state index contributed by atoms with van der Waals surface area (Å²) in [5, 5.41) is 0. The highest BCUT2D eigenvalue weighted by Gasteiger charge is 2.23. The maximum Gasteiger partial charge on any atom is 0.233 e. The Kier molecular flexibility index (Phi) is 6.60. The predicted molar refractivity (Wildman–Crippen MR) is 67.7 cm³/mol. The van der Waals surface area contributed by atoms with Crippen LogP contribution in [0.15, 0.2) is 0 Å². The average molecular weight is 229 g/mol. The summed E-state index contributed by atoms with van der Waals surface area (Å²) in [5.41, 5.74) is 2.44. The van der Waals surface area contributed by atoms with Gasteiger partial charge in [0, 0.05) is 12.5 Å². The van der Waals surface area contributed by atoms with E-state index in [2.05, 4.69) is 45.1 Å². The van der Waals surface area contributed by atoms with Gasteiger partial charge in [0.2, 0.25) is 5.91 Å². The van der Waals surface area contributed by atoms with Crippen molar-refractivity contribution in [2.24, 2.45) is 11.3 Å². The Hall–Kier alpha value is -0.610. The van der Waals surface area contributed by atoms with Crippen molar-refractivity contribution in [1.29, 1.82) is 0 Å². The highest BCUT2D eigenvalue weighted by molar-refractivity contribution is 5.75. The van der Waals surface area contributed by atoms with Crippen molar-refractivity contribution in [3.8, 4) is 0 Å². The van der Waals surface area contributed by atoms with Crippen molar-refractivity contribution >= 4 is 5.91 Å². The monoisotopic (exact) mass is 229 g/mol. The molecule has 0 bridgehead atoms. The molecule has 0 aliphatic rings. The highest BCUT2D eigenvalue weighted by atomic mass is 16.2. The minimum Gasteiger partial charge on any atom is -0.303 e. The molecule has 0 fully saturated rings. The van der Waals surface area contributed by atoms with E-state index in [0.717, 1.165) is 19.4 Å². The first-order valence-electron chi connectivity index (χ1n) is 5.98. The van der Waals surface area contributed by atoms with Crippen LogP contribution in [0.3, 0.4) is 0 Å². The molecule has 0 rings (SSSR count). The summed E-state index contributed by atoms with van der Waals surface area (Å²) < 4.78 is 0. The van der Waals surface area contributed by atoms with Crippen molar-refractivity contribution in [3.05, 3.63) is 0 Å². The fraction of sp³-hybridized carbons (Fsp3) is 0.917. The molecule has 1 unspecified atom stereocenters. The first-order valence-corrected chi connectivity index (χ1v) is 5.98. The van der Waals surface area contributed by atoms with Gasteiger partial charge in [0.1, 0.15) is 0 Å². The van der Waals surface area contributed by atoms with Crippen LogP contribution >= 0.6 is 0 Å². The molecule has 16 heavy (non-hydrogen) atoms. The zero-order chi connectivity index (χ0) is 12.8. The molecular formula is C12H27N3O. The van der Waals surface area contributed by atoms with Crippen LogP contribution in [0.25, 0.3) is 0 Å². The van der Waals surface area contributed by atoms with Gasteiger partial charge in [-0.25, -0.2) is 5.84 Å². The normalized spacial score (nSPS) is 13.9. The van der Waals surface area contributed by atoms with Crippen LogP contribution in [0.1, 0.15) is 47.0 Å². The highest BCUT2D eigenvalue weighted by Crippen LogP contribution is 2.23. The second-order valence-corrected chi connectivity index (χ2v) is 5.55. The zero-order valence-electron chi connectivity index (χ0n) is 11.3. The quantitative estimate of drug-likeness (QED) is 0.314. The fourth-order valence-electron chi connectivity index (χ4n) is 1.57. The summed E-state index contributed by atoms with van der Waals surface area (Å²) in [7, 11) is 2.14. The van der Waals surface area contributed by atoms with Gasteiger partial charge in [-0.1, -0.05) is 20.8 Å². The summed E-state index contributed by atoms with van der Waals surface area (Å²) in [5.74, 6) is 4.93. The third-order valence-corrected chi connectivity index (χ3v) is 3.24. The number of amides is 1. The van der Waals surface area contributed by atoms with E-state index in [1.165, 1.54) is 0 Å². The average Bonchev–Trinajstić information content (AvgIpc) is 2.21. The molecule has 1 atom stereocenters. The Labute approximate surface area is 99.5 Å². The summed E-state index contributed by atoms with van der Waals surface area (Å²) >= 11 is 0. The van der Waals surface area contributed by atoms with Gasteiger partial charge in [-0.15, -0.1) is 0 Å². The lowest BCUT2D eigenvalue weighted by atomic mass is 9.87. The molecule has 0 spiro atoms. The van der Waals surface area contributed by atoms with Crippen LogP contribution in [0.2, 0.25) is 0 Å². The van der Waals surface area contributed by atoms with Gasteiger partial charge in [0.15, 0.2) is 0 Å². The van der Waals surface area contributed by atoms with Crippen molar-refractivity contribution < 1.29 is 4.79 Å². The molecular weight excluding hydrogens is 202 g/mol. The largest absolute Gasteiger partial charge is 0.303 e. The van der Waals surface area contributed by atoms with E-state index in [4.69, 9.17) is 5.84 Å². The molecule has 0 aliphatic carbocycles. The van der Waals surface area contributed by atoms with E-state index < -0.39 is 0 Å². The Morgan fingerprint density at radius 1 is 1.38 bits per heavy atom. The standard InChI is InChI=1S/C12H27N3O/c1-10(12(2,3)4)15(5)9-7-6-8-11(16)14-13/h10H,6-9,13H2,1-5H3,(H,14,16). The van der Waals surface area contributed by atoms with Crippen molar-refractivity contribution in [3.63, 3.8) is 0 Å². The van der Waals surface area contributed by atoms with E-state index in [0.29, 0.717) is 17.9 Å². The third kappa shape index (κ3) is 6.08. The van der Waals surface area contributed by atoms with Gasteiger partial charge < -0.3 is 4.90 Å². The summed E-state index contributed by atoms with van der Waals surface area (Å²) in [4.78, 5) is 13.2. The van der Waals surface area contributed by atoms with E-state index in [1.807, 2.05) is 0 Å². The van der Waals surface area contributed by atoms with E-state index >= 15 is 0 Å². The zero-order valence-corrected chi connectivity index (χ0v) is 11.3. The number of hydrogen-bond donors (Lipinski definition) is 2. The van der Waals surface area contributed by atoms with Crippen LogP contribution in [-0.2, 0) is 4.79 Å². The maximum atomic E-state index is 10.9. The van der Waals surface area contributed by atoms with Gasteiger partial charge in [-0.3, -0.25) is 10.2 Å². The minimum atomic E-state index is -0.0773. The summed E-state index contributed by atoms with van der Waals surface area (Å²) in [6, 6.07) is 0.538. The maximum absolute atomic E-state index is 10.9. The van der Waals surface area contributed by atoms with Gasteiger partial charge in [-0.2, -0.15) is 0 Å². The van der Waals surface area contributed by atoms with Gasteiger partial charge in [-0.05, 0) is 38.8 Å². The fourth-order valence-corrected chi connectivity index (χ4v) is 1.57. The van der Waals surface area contributed by atoms with E-state index in [-0.39, 0.29) is 5.91 Å². The van der Waals surface area contributed by atoms with Gasteiger partial charge >= 0.3 is 0 Å². The summed E-state index contributed by atoms with van der Waals surface area (Å²) in [6.07, 6.45) is 2.45. The number of carbonyl (C=O) groups is 1. The van der Waals surface area contributed by atoms with E-state index in [1.54, 1.807) is 0 Å². The first kappa shape index (κ1) is 15.4. The molecule has 0 aromatic heterocycles. The lowest BCUT2D eigenvalue weighted by molar-refractivity contribution is -0.121. The number of unbranched alkanes of at least 4 members (excludes halogenated alkanes) is 1. The molecule has 0 saturated heterocycles. The summed E-state index contributed by atoms with van der Waals surface area (Å²) in [6.45, 7) is 10.0. The van der Waals surface area contributed by atoms with Gasteiger partial charge in [0.25, 0.3) is 0 Å². The molecule has 0 saturated carbocycles. The van der Waals surface area contributed by atoms with E-state index in [9.17, 15) is 4.79 Å². The number of hydrogen-bond acceptors (Lipinski definition) is 3. The Morgan fingerprint density at radius 3 is 2.38 bits per heavy atom. The lowest BCUT2D eigenvalue weighted by Crippen LogP contribution is -2.39. The Balaban J connectivity index is 3.74. The number of nitrogens with one attached hydrogen (secondary N) is 1. The molecule has 1 amide bonds. The molecule has 4 nitrogen and oxygen atoms in total. The molecule has 4 heteroatoms. The Bertz CT molecular complexity index is 211. The van der Waals surface area contributed by atoms with Crippen molar-refractivity contribution in [1.82, 2.24) is 10.3 Å². The SMILES string of the molecule is CC(N(C)CCCCC(=O)NN)C(C)(C)C. The third-order valence-electron chi connectivity index (χ3n) is 3.24. The second kappa shape index (κ2) is 6.86. The molecule has 0 heterocycles. The van der Waals surface area contributed by atoms with Crippen LogP contribution in [-0.4, -0.2) is 30.4 Å². The molecule has 3 N–H and O–H groups in total. The second-order valence-electron chi connectivity index (χ2n) is 5.55. The molecule has 96 valence electrons. The van der Waals surface area contributed by atoms with Crippen LogP contribution < -0.4 is 11.3 Å².